The molecule has 164 valence electrons. The number of hydrogen-bond donors (Lipinski definition) is 2. The third-order valence-corrected chi connectivity index (χ3v) is 4.80. The summed E-state index contributed by atoms with van der Waals surface area (Å²) < 4.78 is 65.2. The van der Waals surface area contributed by atoms with Crippen LogP contribution in [0, 0.1) is 5.82 Å². The minimum atomic E-state index is -5.43. The SMILES string of the molecule is CCOC(=O)[C@](NC(=O)Nc1nc2ccccc2s1)(Oc1ccc(F)cc1)C(F)(F)F. The molecule has 2 amide bonds. The average Bonchev–Trinajstić information content (AvgIpc) is 3.10. The minimum absolute atomic E-state index is 0.000385. The molecule has 12 heteroatoms. The summed E-state index contributed by atoms with van der Waals surface area (Å²) in [5.41, 5.74) is -3.36. The molecule has 31 heavy (non-hydrogen) atoms. The van der Waals surface area contributed by atoms with E-state index in [9.17, 15) is 27.2 Å². The van der Waals surface area contributed by atoms with Crippen LogP contribution in [0.25, 0.3) is 10.2 Å². The summed E-state index contributed by atoms with van der Waals surface area (Å²) in [5, 5.41) is 3.67. The first kappa shape index (κ1) is 22.3. The summed E-state index contributed by atoms with van der Waals surface area (Å²) in [6.45, 7) is 0.878. The molecule has 0 radical (unpaired) electrons. The van der Waals surface area contributed by atoms with E-state index in [-0.39, 0.29) is 5.13 Å². The molecule has 0 saturated carbocycles. The first-order valence-corrected chi connectivity index (χ1v) is 9.59. The van der Waals surface area contributed by atoms with Crippen LogP contribution in [0.4, 0.5) is 27.5 Å². The van der Waals surface area contributed by atoms with Crippen molar-refractivity contribution >= 4 is 38.7 Å². The normalized spacial score (nSPS) is 13.3. The van der Waals surface area contributed by atoms with Crippen LogP contribution in [0.3, 0.4) is 0 Å². The van der Waals surface area contributed by atoms with E-state index in [1.165, 1.54) is 12.2 Å². The number of fused-ring (bicyclic) bond motifs is 1. The second-order valence-electron chi connectivity index (χ2n) is 6.02. The van der Waals surface area contributed by atoms with Crippen molar-refractivity contribution in [1.29, 1.82) is 0 Å². The van der Waals surface area contributed by atoms with Crippen LogP contribution in [0.15, 0.2) is 48.5 Å². The number of carbonyl (C=O) groups excluding carboxylic acids is 2. The van der Waals surface area contributed by atoms with Gasteiger partial charge in [0.2, 0.25) is 0 Å². The molecule has 7 nitrogen and oxygen atoms in total. The highest BCUT2D eigenvalue weighted by Gasteiger charge is 2.66. The third kappa shape index (κ3) is 4.85. The number of hydrogen-bond acceptors (Lipinski definition) is 6. The van der Waals surface area contributed by atoms with Crippen molar-refractivity contribution in [1.82, 2.24) is 10.3 Å². The zero-order chi connectivity index (χ0) is 22.6. The Balaban J connectivity index is 1.92. The van der Waals surface area contributed by atoms with Crippen molar-refractivity contribution < 1.29 is 36.6 Å². The van der Waals surface area contributed by atoms with E-state index in [2.05, 4.69) is 15.0 Å². The molecule has 3 aromatic rings. The Morgan fingerprint density at radius 2 is 1.77 bits per heavy atom. The first-order chi connectivity index (χ1) is 14.6. The van der Waals surface area contributed by atoms with Crippen LogP contribution in [0.1, 0.15) is 6.92 Å². The lowest BCUT2D eigenvalue weighted by Gasteiger charge is -2.33. The van der Waals surface area contributed by atoms with Gasteiger partial charge in [-0.25, -0.2) is 19.0 Å². The summed E-state index contributed by atoms with van der Waals surface area (Å²) in [5.74, 6) is -3.15. The van der Waals surface area contributed by atoms with Crippen LogP contribution < -0.4 is 15.4 Å². The monoisotopic (exact) mass is 457 g/mol. The summed E-state index contributed by atoms with van der Waals surface area (Å²) >= 11 is 1.02. The predicted molar refractivity (Wildman–Crippen MR) is 104 cm³/mol. The number of esters is 1. The van der Waals surface area contributed by atoms with Crippen molar-refractivity contribution in [2.24, 2.45) is 0 Å². The number of urea groups is 1. The van der Waals surface area contributed by atoms with Crippen LogP contribution in [-0.2, 0) is 9.53 Å². The Kier molecular flexibility index (Phi) is 6.29. The number of benzene rings is 2. The lowest BCUT2D eigenvalue weighted by molar-refractivity contribution is -0.259. The predicted octanol–water partition coefficient (Wildman–Crippen LogP) is 4.46. The van der Waals surface area contributed by atoms with Crippen LogP contribution in [-0.4, -0.2) is 35.5 Å². The molecule has 1 atom stereocenters. The second-order valence-corrected chi connectivity index (χ2v) is 7.05. The van der Waals surface area contributed by atoms with E-state index in [0.29, 0.717) is 10.2 Å². The molecule has 0 fully saturated rings. The number of para-hydroxylation sites is 1. The van der Waals surface area contributed by atoms with Gasteiger partial charge >= 0.3 is 23.9 Å². The number of alkyl halides is 3. The van der Waals surface area contributed by atoms with Crippen molar-refractivity contribution in [2.45, 2.75) is 18.8 Å². The highest BCUT2D eigenvalue weighted by molar-refractivity contribution is 7.22. The van der Waals surface area contributed by atoms with Gasteiger partial charge in [-0.3, -0.25) is 10.6 Å². The molecule has 0 unspecified atom stereocenters. The number of ether oxygens (including phenoxy) is 2. The number of rotatable bonds is 6. The highest BCUT2D eigenvalue weighted by Crippen LogP contribution is 2.35. The van der Waals surface area contributed by atoms with Gasteiger partial charge in [-0.05, 0) is 43.3 Å². The van der Waals surface area contributed by atoms with Gasteiger partial charge in [0, 0.05) is 0 Å². The van der Waals surface area contributed by atoms with Gasteiger partial charge < -0.3 is 9.47 Å². The maximum absolute atomic E-state index is 14.0. The Bertz CT molecular complexity index is 1050. The van der Waals surface area contributed by atoms with Gasteiger partial charge in [0.1, 0.15) is 11.6 Å². The largest absolute Gasteiger partial charge is 0.461 e. The Morgan fingerprint density at radius 1 is 1.10 bits per heavy atom. The molecular weight excluding hydrogens is 442 g/mol. The summed E-state index contributed by atoms with van der Waals surface area (Å²) in [6.07, 6.45) is -5.43. The summed E-state index contributed by atoms with van der Waals surface area (Å²) in [6, 6.07) is 8.83. The molecule has 2 aromatic carbocycles. The smallest absolute Gasteiger partial charge is 0.460 e. The molecule has 0 aliphatic heterocycles. The minimum Gasteiger partial charge on any atom is -0.461 e. The fraction of sp³-hybridized carbons (Fsp3) is 0.211. The summed E-state index contributed by atoms with van der Waals surface area (Å²) in [4.78, 5) is 28.8. The zero-order valence-electron chi connectivity index (χ0n) is 15.8. The van der Waals surface area contributed by atoms with E-state index in [1.54, 1.807) is 24.3 Å². The van der Waals surface area contributed by atoms with Gasteiger partial charge in [-0.15, -0.1) is 0 Å². The second kappa shape index (κ2) is 8.76. The molecular formula is C19H15F4N3O4S. The van der Waals surface area contributed by atoms with Crippen molar-refractivity contribution in [2.75, 3.05) is 11.9 Å². The standard InChI is InChI=1S/C19H15F4N3O4S/c1-2-29-15(27)18(19(21,22)23,30-12-9-7-11(20)8-10-12)26-16(28)25-17-24-13-5-3-4-6-14(13)31-17/h3-10H,2H2,1H3,(H2,24,25,26,28)/t18-/m0/s1. The number of nitrogens with zero attached hydrogens (tertiary/aromatic N) is 1. The lowest BCUT2D eigenvalue weighted by Crippen LogP contribution is -2.69. The number of amides is 2. The van der Waals surface area contributed by atoms with E-state index in [4.69, 9.17) is 4.74 Å². The Hall–Kier alpha value is -3.41. The Labute approximate surface area is 177 Å². The van der Waals surface area contributed by atoms with E-state index >= 15 is 0 Å². The molecule has 0 aliphatic rings. The fourth-order valence-electron chi connectivity index (χ4n) is 2.49. The molecule has 1 aromatic heterocycles. The fourth-order valence-corrected chi connectivity index (χ4v) is 3.35. The van der Waals surface area contributed by atoms with E-state index in [0.717, 1.165) is 35.6 Å². The molecule has 1 heterocycles. The van der Waals surface area contributed by atoms with E-state index < -0.39 is 42.1 Å². The molecule has 0 bridgehead atoms. The molecule has 0 saturated heterocycles. The third-order valence-electron chi connectivity index (χ3n) is 3.85. The maximum atomic E-state index is 14.0. The number of thiazole rings is 1. The number of nitrogens with one attached hydrogen (secondary N) is 2. The number of carbonyl (C=O) groups is 2. The molecule has 3 rings (SSSR count). The van der Waals surface area contributed by atoms with Gasteiger partial charge in [-0.2, -0.15) is 13.2 Å². The average molecular weight is 457 g/mol. The lowest BCUT2D eigenvalue weighted by atomic mass is 10.2. The van der Waals surface area contributed by atoms with Gasteiger partial charge in [-0.1, -0.05) is 23.5 Å². The Morgan fingerprint density at radius 3 is 2.39 bits per heavy atom. The van der Waals surface area contributed by atoms with Gasteiger partial charge in [0.15, 0.2) is 5.13 Å². The summed E-state index contributed by atoms with van der Waals surface area (Å²) in [7, 11) is 0. The number of anilines is 1. The van der Waals surface area contributed by atoms with E-state index in [1.807, 2.05) is 0 Å². The van der Waals surface area contributed by atoms with Crippen LogP contribution in [0.5, 0.6) is 5.75 Å². The zero-order valence-corrected chi connectivity index (χ0v) is 16.6. The number of aromatic nitrogens is 1. The first-order valence-electron chi connectivity index (χ1n) is 8.78. The number of halogens is 4. The van der Waals surface area contributed by atoms with Gasteiger partial charge in [0.25, 0.3) is 0 Å². The quantitative estimate of drug-likeness (QED) is 0.324. The van der Waals surface area contributed by atoms with Gasteiger partial charge in [0.05, 0.1) is 16.8 Å². The topological polar surface area (TPSA) is 89.5 Å². The van der Waals surface area contributed by atoms with Crippen LogP contribution >= 0.6 is 11.3 Å². The van der Waals surface area contributed by atoms with Crippen molar-refractivity contribution in [3.8, 4) is 5.75 Å². The molecule has 2 N–H and O–H groups in total. The molecule has 0 spiro atoms. The van der Waals surface area contributed by atoms with Crippen molar-refractivity contribution in [3.63, 3.8) is 0 Å². The van der Waals surface area contributed by atoms with Crippen molar-refractivity contribution in [3.05, 3.63) is 54.3 Å². The highest BCUT2D eigenvalue weighted by atomic mass is 32.1. The maximum Gasteiger partial charge on any atom is 0.460 e. The molecule has 0 aliphatic carbocycles. The van der Waals surface area contributed by atoms with Crippen LogP contribution in [0.2, 0.25) is 0 Å².